The van der Waals surface area contributed by atoms with Crippen LogP contribution in [0.15, 0.2) is 70.2 Å². The summed E-state index contributed by atoms with van der Waals surface area (Å²) in [7, 11) is 0. The second-order valence-corrected chi connectivity index (χ2v) is 7.12. The van der Waals surface area contributed by atoms with Gasteiger partial charge in [-0.3, -0.25) is 9.78 Å². The minimum atomic E-state index is -0.540. The molecule has 0 aliphatic heterocycles. The van der Waals surface area contributed by atoms with Gasteiger partial charge >= 0.3 is 0 Å². The number of pyridine rings is 1. The van der Waals surface area contributed by atoms with Crippen LogP contribution in [-0.2, 0) is 6.61 Å². The zero-order chi connectivity index (χ0) is 22.0. The molecule has 2 aromatic carbocycles. The Hall–Kier alpha value is -3.84. The molecule has 0 saturated heterocycles. The summed E-state index contributed by atoms with van der Waals surface area (Å²) in [4.78, 5) is 21.6. The number of benzene rings is 2. The molecule has 7 heteroatoms. The molecule has 2 aromatic heterocycles. The minimum absolute atomic E-state index is 0.0407. The Morgan fingerprint density at radius 2 is 1.90 bits per heavy atom. The van der Waals surface area contributed by atoms with Gasteiger partial charge in [-0.05, 0) is 44.2 Å². The standard InChI is InChI=1S/C24H20FN3O3/c1-14-7-9-17(10-8-14)27-23(30)19-11-18-16(13-29)12-26-15(2)22(18)31-24(19)28-21-6-4-3-5-20(21)25/h3-12,29H,13H2,1-2H3,(H,27,30). The number of anilines is 1. The Balaban J connectivity index is 1.93. The van der Waals surface area contributed by atoms with E-state index in [1.807, 2.05) is 19.1 Å². The van der Waals surface area contributed by atoms with Crippen LogP contribution < -0.4 is 10.9 Å². The second kappa shape index (κ2) is 8.49. The zero-order valence-corrected chi connectivity index (χ0v) is 17.0. The molecule has 31 heavy (non-hydrogen) atoms. The number of aliphatic hydroxyl groups is 1. The maximum atomic E-state index is 14.2. The lowest BCUT2D eigenvalue weighted by atomic mass is 10.1. The van der Waals surface area contributed by atoms with E-state index in [0.717, 1.165) is 5.56 Å². The van der Waals surface area contributed by atoms with E-state index in [4.69, 9.17) is 4.42 Å². The Bertz CT molecular complexity index is 1340. The van der Waals surface area contributed by atoms with Gasteiger partial charge in [-0.1, -0.05) is 29.8 Å². The van der Waals surface area contributed by atoms with E-state index >= 15 is 0 Å². The maximum absolute atomic E-state index is 14.2. The quantitative estimate of drug-likeness (QED) is 0.510. The first-order valence-electron chi connectivity index (χ1n) is 9.66. The molecular weight excluding hydrogens is 397 g/mol. The monoisotopic (exact) mass is 417 g/mol. The van der Waals surface area contributed by atoms with Crippen molar-refractivity contribution in [1.82, 2.24) is 4.98 Å². The van der Waals surface area contributed by atoms with Crippen LogP contribution >= 0.6 is 0 Å². The van der Waals surface area contributed by atoms with E-state index in [9.17, 15) is 14.3 Å². The van der Waals surface area contributed by atoms with Crippen molar-refractivity contribution in [2.24, 2.45) is 4.99 Å². The maximum Gasteiger partial charge on any atom is 0.261 e. The molecule has 0 spiro atoms. The van der Waals surface area contributed by atoms with Gasteiger partial charge in [0.2, 0.25) is 5.55 Å². The molecule has 1 amide bonds. The highest BCUT2D eigenvalue weighted by atomic mass is 19.1. The van der Waals surface area contributed by atoms with Crippen molar-refractivity contribution in [3.05, 3.63) is 94.5 Å². The van der Waals surface area contributed by atoms with Gasteiger partial charge in [0.25, 0.3) is 5.91 Å². The van der Waals surface area contributed by atoms with Gasteiger partial charge in [0.1, 0.15) is 17.1 Å². The summed E-state index contributed by atoms with van der Waals surface area (Å²) >= 11 is 0. The summed E-state index contributed by atoms with van der Waals surface area (Å²) in [6.45, 7) is 3.42. The number of carbonyl (C=O) groups excluding carboxylic acids is 1. The van der Waals surface area contributed by atoms with Gasteiger partial charge in [-0.15, -0.1) is 0 Å². The number of para-hydroxylation sites is 1. The van der Waals surface area contributed by atoms with Gasteiger partial charge in [0.05, 0.1) is 12.3 Å². The number of hydrogen-bond acceptors (Lipinski definition) is 5. The third-order valence-electron chi connectivity index (χ3n) is 4.85. The summed E-state index contributed by atoms with van der Waals surface area (Å²) in [5, 5.41) is 13.1. The lowest BCUT2D eigenvalue weighted by molar-refractivity contribution is 0.102. The molecule has 2 heterocycles. The fraction of sp³-hybridized carbons (Fsp3) is 0.125. The van der Waals surface area contributed by atoms with Crippen molar-refractivity contribution in [3.63, 3.8) is 0 Å². The number of nitrogens with zero attached hydrogens (tertiary/aromatic N) is 2. The van der Waals surface area contributed by atoms with Crippen molar-refractivity contribution >= 4 is 28.3 Å². The van der Waals surface area contributed by atoms with Gasteiger partial charge in [-0.25, -0.2) is 9.38 Å². The number of aliphatic hydroxyl groups excluding tert-OH is 1. The Labute approximate surface area is 177 Å². The molecule has 0 unspecified atom stereocenters. The average molecular weight is 417 g/mol. The molecule has 0 bridgehead atoms. The van der Waals surface area contributed by atoms with Crippen LogP contribution in [0.25, 0.3) is 11.0 Å². The van der Waals surface area contributed by atoms with Crippen molar-refractivity contribution < 1.29 is 18.7 Å². The first-order valence-corrected chi connectivity index (χ1v) is 9.66. The van der Waals surface area contributed by atoms with Crippen molar-refractivity contribution in [2.45, 2.75) is 20.5 Å². The number of hydrogen-bond donors (Lipinski definition) is 2. The summed E-state index contributed by atoms with van der Waals surface area (Å²) < 4.78 is 20.2. The Morgan fingerprint density at radius 1 is 1.16 bits per heavy atom. The van der Waals surface area contributed by atoms with Crippen LogP contribution in [0, 0.1) is 19.7 Å². The van der Waals surface area contributed by atoms with E-state index in [2.05, 4.69) is 15.3 Å². The molecule has 6 nitrogen and oxygen atoms in total. The lowest BCUT2D eigenvalue weighted by Gasteiger charge is -2.10. The molecule has 0 saturated carbocycles. The molecule has 0 fully saturated rings. The molecule has 156 valence electrons. The first-order chi connectivity index (χ1) is 15.0. The van der Waals surface area contributed by atoms with Crippen LogP contribution in [0.3, 0.4) is 0 Å². The topological polar surface area (TPSA) is 87.7 Å². The average Bonchev–Trinajstić information content (AvgIpc) is 2.77. The smallest absolute Gasteiger partial charge is 0.261 e. The molecule has 4 rings (SSSR count). The summed E-state index contributed by atoms with van der Waals surface area (Å²) in [6.07, 6.45) is 1.53. The van der Waals surface area contributed by atoms with E-state index in [-0.39, 0.29) is 23.4 Å². The molecular formula is C24H20FN3O3. The van der Waals surface area contributed by atoms with E-state index in [1.165, 1.54) is 18.3 Å². The van der Waals surface area contributed by atoms with E-state index < -0.39 is 11.7 Å². The first kappa shape index (κ1) is 20.4. The Kier molecular flexibility index (Phi) is 5.60. The van der Waals surface area contributed by atoms with Crippen molar-refractivity contribution in [1.29, 1.82) is 0 Å². The van der Waals surface area contributed by atoms with Crippen LogP contribution in [0.4, 0.5) is 15.8 Å². The summed E-state index contributed by atoms with van der Waals surface area (Å²) in [6, 6.07) is 14.9. The lowest BCUT2D eigenvalue weighted by Crippen LogP contribution is -2.22. The molecule has 2 N–H and O–H groups in total. The van der Waals surface area contributed by atoms with Crippen molar-refractivity contribution in [2.75, 3.05) is 5.32 Å². The highest BCUT2D eigenvalue weighted by Gasteiger charge is 2.17. The predicted molar refractivity (Wildman–Crippen MR) is 115 cm³/mol. The third-order valence-corrected chi connectivity index (χ3v) is 4.85. The molecule has 0 radical (unpaired) electrons. The Morgan fingerprint density at radius 3 is 2.61 bits per heavy atom. The number of fused-ring (bicyclic) bond motifs is 1. The number of aromatic nitrogens is 1. The molecule has 0 aliphatic rings. The van der Waals surface area contributed by atoms with E-state index in [1.54, 1.807) is 37.3 Å². The largest absolute Gasteiger partial charge is 0.436 e. The van der Waals surface area contributed by atoms with Gasteiger partial charge < -0.3 is 14.8 Å². The number of carbonyl (C=O) groups is 1. The van der Waals surface area contributed by atoms with Crippen molar-refractivity contribution in [3.8, 4) is 0 Å². The normalized spacial score (nSPS) is 11.7. The number of aryl methyl sites for hydroxylation is 2. The van der Waals surface area contributed by atoms with Crippen LogP contribution in [0.5, 0.6) is 0 Å². The molecule has 0 aliphatic carbocycles. The van der Waals surface area contributed by atoms with Crippen LogP contribution in [0.1, 0.15) is 27.2 Å². The fourth-order valence-electron chi connectivity index (χ4n) is 3.15. The second-order valence-electron chi connectivity index (χ2n) is 7.12. The number of nitrogens with one attached hydrogen (secondary N) is 1. The zero-order valence-electron chi connectivity index (χ0n) is 17.0. The van der Waals surface area contributed by atoms with Gasteiger partial charge in [-0.2, -0.15) is 0 Å². The highest BCUT2D eigenvalue weighted by molar-refractivity contribution is 6.05. The van der Waals surface area contributed by atoms with Gasteiger partial charge in [0.15, 0.2) is 5.58 Å². The minimum Gasteiger partial charge on any atom is -0.436 e. The summed E-state index contributed by atoms with van der Waals surface area (Å²) in [5.41, 5.74) is 3.19. The highest BCUT2D eigenvalue weighted by Crippen LogP contribution is 2.22. The van der Waals surface area contributed by atoms with Crippen LogP contribution in [-0.4, -0.2) is 16.0 Å². The van der Waals surface area contributed by atoms with Crippen LogP contribution in [0.2, 0.25) is 0 Å². The molecule has 0 atom stereocenters. The van der Waals surface area contributed by atoms with E-state index in [0.29, 0.717) is 27.9 Å². The van der Waals surface area contributed by atoms with Gasteiger partial charge in [0, 0.05) is 22.8 Å². The molecule has 4 aromatic rings. The number of amides is 1. The number of rotatable bonds is 4. The SMILES string of the molecule is Cc1ccc(NC(=O)c2cc3c(CO)cnc(C)c3oc2=Nc2ccccc2F)cc1. The third kappa shape index (κ3) is 4.22. The number of halogens is 1. The fourth-order valence-corrected chi connectivity index (χ4v) is 3.15. The predicted octanol–water partition coefficient (Wildman–Crippen LogP) is 4.56. The summed E-state index contributed by atoms with van der Waals surface area (Å²) in [5.74, 6) is -1.01.